The summed E-state index contributed by atoms with van der Waals surface area (Å²) >= 11 is 3.26. The Bertz CT molecular complexity index is 491. The van der Waals surface area contributed by atoms with Gasteiger partial charge in [0, 0.05) is 5.69 Å². The predicted molar refractivity (Wildman–Crippen MR) is 73.9 cm³/mol. The molecule has 4 nitrogen and oxygen atoms in total. The molecule has 1 N–H and O–H groups in total. The Morgan fingerprint density at radius 2 is 2.00 bits per heavy atom. The maximum atomic E-state index is 13.4. The average Bonchev–Trinajstić information content (AvgIpc) is 2.38. The topological polar surface area (TPSA) is 55.4 Å². The third-order valence-corrected chi connectivity index (χ3v) is 3.95. The van der Waals surface area contributed by atoms with E-state index in [-0.39, 0.29) is 22.2 Å². The minimum atomic E-state index is -0.784. The molecule has 1 amide bonds. The molecule has 0 spiro atoms. The van der Waals surface area contributed by atoms with Crippen molar-refractivity contribution >= 4 is 33.5 Å². The predicted octanol–water partition coefficient (Wildman–Crippen LogP) is 2.97. The van der Waals surface area contributed by atoms with Crippen LogP contribution in [0.1, 0.15) is 24.2 Å². The van der Waals surface area contributed by atoms with Crippen LogP contribution in [0.5, 0.6) is 0 Å². The molecule has 0 saturated heterocycles. The first kappa shape index (κ1) is 15.6. The average molecular weight is 332 g/mol. The van der Waals surface area contributed by atoms with Crippen LogP contribution >= 0.6 is 15.9 Å². The zero-order chi connectivity index (χ0) is 14.6. The number of amides is 1. The second-order valence-electron chi connectivity index (χ2n) is 4.32. The van der Waals surface area contributed by atoms with Crippen LogP contribution in [-0.4, -0.2) is 23.8 Å². The van der Waals surface area contributed by atoms with Crippen molar-refractivity contribution in [1.29, 1.82) is 0 Å². The molecule has 0 fully saturated rings. The standard InChI is InChI=1S/C13H15BrFNO3/c1-7(2)11(14)12(17)16-8-4-5-10(15)9(6-8)13(18)19-3/h4-7,11H,1-3H3,(H,16,17). The van der Waals surface area contributed by atoms with E-state index < -0.39 is 11.8 Å². The molecule has 19 heavy (non-hydrogen) atoms. The largest absolute Gasteiger partial charge is 0.465 e. The fourth-order valence-corrected chi connectivity index (χ4v) is 1.50. The van der Waals surface area contributed by atoms with Gasteiger partial charge in [-0.25, -0.2) is 9.18 Å². The highest BCUT2D eigenvalue weighted by atomic mass is 79.9. The van der Waals surface area contributed by atoms with Crippen LogP contribution in [0.25, 0.3) is 0 Å². The zero-order valence-electron chi connectivity index (χ0n) is 10.9. The van der Waals surface area contributed by atoms with Gasteiger partial charge < -0.3 is 10.1 Å². The van der Waals surface area contributed by atoms with E-state index in [0.717, 1.165) is 6.07 Å². The number of hydrogen-bond acceptors (Lipinski definition) is 3. The minimum absolute atomic E-state index is 0.112. The van der Waals surface area contributed by atoms with E-state index in [9.17, 15) is 14.0 Å². The summed E-state index contributed by atoms with van der Waals surface area (Å²) in [7, 11) is 1.17. The Hall–Kier alpha value is -1.43. The number of carbonyl (C=O) groups excluding carboxylic acids is 2. The molecule has 0 aliphatic rings. The van der Waals surface area contributed by atoms with E-state index in [4.69, 9.17) is 0 Å². The van der Waals surface area contributed by atoms with Gasteiger partial charge in [0.1, 0.15) is 5.82 Å². The van der Waals surface area contributed by atoms with Gasteiger partial charge in [-0.2, -0.15) is 0 Å². The van der Waals surface area contributed by atoms with E-state index in [0.29, 0.717) is 5.69 Å². The molecule has 0 radical (unpaired) electrons. The van der Waals surface area contributed by atoms with Gasteiger partial charge in [-0.05, 0) is 24.1 Å². The van der Waals surface area contributed by atoms with Gasteiger partial charge in [0.2, 0.25) is 5.91 Å². The highest BCUT2D eigenvalue weighted by Crippen LogP contribution is 2.18. The quantitative estimate of drug-likeness (QED) is 0.681. The Balaban J connectivity index is 2.91. The van der Waals surface area contributed by atoms with Crippen molar-refractivity contribution in [3.63, 3.8) is 0 Å². The first-order valence-corrected chi connectivity index (χ1v) is 6.61. The van der Waals surface area contributed by atoms with Gasteiger partial charge in [0.05, 0.1) is 17.5 Å². The molecule has 1 aromatic rings. The van der Waals surface area contributed by atoms with E-state index >= 15 is 0 Å². The van der Waals surface area contributed by atoms with E-state index in [1.807, 2.05) is 13.8 Å². The third kappa shape index (κ3) is 4.02. The number of rotatable bonds is 4. The van der Waals surface area contributed by atoms with Gasteiger partial charge in [-0.1, -0.05) is 29.8 Å². The van der Waals surface area contributed by atoms with Crippen LogP contribution in [0.2, 0.25) is 0 Å². The number of halogens is 2. The van der Waals surface area contributed by atoms with Crippen molar-refractivity contribution in [2.24, 2.45) is 5.92 Å². The van der Waals surface area contributed by atoms with Crippen LogP contribution in [0.4, 0.5) is 10.1 Å². The Kier molecular flexibility index (Phi) is 5.47. The summed E-state index contributed by atoms with van der Waals surface area (Å²) in [6.45, 7) is 3.78. The van der Waals surface area contributed by atoms with Crippen LogP contribution < -0.4 is 5.32 Å². The fraction of sp³-hybridized carbons (Fsp3) is 0.385. The van der Waals surface area contributed by atoms with Gasteiger partial charge in [-0.15, -0.1) is 0 Å². The lowest BCUT2D eigenvalue weighted by Gasteiger charge is -2.14. The number of carbonyl (C=O) groups is 2. The van der Waals surface area contributed by atoms with Gasteiger partial charge in [0.15, 0.2) is 0 Å². The Morgan fingerprint density at radius 1 is 1.37 bits per heavy atom. The summed E-state index contributed by atoms with van der Waals surface area (Å²) < 4.78 is 17.9. The molecular formula is C13H15BrFNO3. The van der Waals surface area contributed by atoms with Crippen LogP contribution in [0.3, 0.4) is 0 Å². The van der Waals surface area contributed by atoms with Crippen molar-refractivity contribution in [2.75, 3.05) is 12.4 Å². The molecule has 0 heterocycles. The minimum Gasteiger partial charge on any atom is -0.465 e. The number of nitrogens with one attached hydrogen (secondary N) is 1. The number of anilines is 1. The highest BCUT2D eigenvalue weighted by molar-refractivity contribution is 9.10. The van der Waals surface area contributed by atoms with E-state index in [1.54, 1.807) is 0 Å². The molecule has 0 aliphatic carbocycles. The van der Waals surface area contributed by atoms with Crippen molar-refractivity contribution in [3.8, 4) is 0 Å². The maximum Gasteiger partial charge on any atom is 0.340 e. The SMILES string of the molecule is COC(=O)c1cc(NC(=O)C(Br)C(C)C)ccc1F. The van der Waals surface area contributed by atoms with Crippen molar-refractivity contribution < 1.29 is 18.7 Å². The molecule has 0 aliphatic heterocycles. The first-order valence-electron chi connectivity index (χ1n) is 5.69. The first-order chi connectivity index (χ1) is 8.86. The normalized spacial score (nSPS) is 12.1. The number of ether oxygens (including phenoxy) is 1. The van der Waals surface area contributed by atoms with Gasteiger partial charge >= 0.3 is 5.97 Å². The number of methoxy groups -OCH3 is 1. The molecule has 104 valence electrons. The Morgan fingerprint density at radius 3 is 2.53 bits per heavy atom. The Labute approximate surface area is 119 Å². The number of benzene rings is 1. The van der Waals surface area contributed by atoms with E-state index in [1.165, 1.54) is 19.2 Å². The molecular weight excluding hydrogens is 317 g/mol. The summed E-state index contributed by atoms with van der Waals surface area (Å²) in [4.78, 5) is 22.8. The summed E-state index contributed by atoms with van der Waals surface area (Å²) in [5, 5.41) is 2.61. The molecule has 0 saturated carbocycles. The lowest BCUT2D eigenvalue weighted by molar-refractivity contribution is -0.116. The molecule has 1 atom stereocenters. The maximum absolute atomic E-state index is 13.4. The summed E-state index contributed by atoms with van der Waals surface area (Å²) in [6.07, 6.45) is 0. The summed E-state index contributed by atoms with van der Waals surface area (Å²) in [5.41, 5.74) is 0.132. The van der Waals surface area contributed by atoms with Gasteiger partial charge in [-0.3, -0.25) is 4.79 Å². The zero-order valence-corrected chi connectivity index (χ0v) is 12.5. The summed E-state index contributed by atoms with van der Waals surface area (Å²) in [6, 6.07) is 3.75. The van der Waals surface area contributed by atoms with Crippen LogP contribution in [0.15, 0.2) is 18.2 Å². The molecule has 0 bridgehead atoms. The lowest BCUT2D eigenvalue weighted by atomic mass is 10.1. The molecule has 1 unspecified atom stereocenters. The monoisotopic (exact) mass is 331 g/mol. The van der Waals surface area contributed by atoms with Crippen molar-refractivity contribution in [3.05, 3.63) is 29.6 Å². The molecule has 0 aromatic heterocycles. The van der Waals surface area contributed by atoms with E-state index in [2.05, 4.69) is 26.0 Å². The number of hydrogen-bond donors (Lipinski definition) is 1. The smallest absolute Gasteiger partial charge is 0.340 e. The third-order valence-electron chi connectivity index (χ3n) is 2.47. The van der Waals surface area contributed by atoms with Crippen LogP contribution in [0, 0.1) is 11.7 Å². The molecule has 1 rings (SSSR count). The number of alkyl halides is 1. The molecule has 1 aromatic carbocycles. The summed E-state index contributed by atoms with van der Waals surface area (Å²) in [5.74, 6) is -1.62. The fourth-order valence-electron chi connectivity index (χ4n) is 1.38. The van der Waals surface area contributed by atoms with Crippen molar-refractivity contribution in [2.45, 2.75) is 18.7 Å². The van der Waals surface area contributed by atoms with Gasteiger partial charge in [0.25, 0.3) is 0 Å². The highest BCUT2D eigenvalue weighted by Gasteiger charge is 2.20. The number of esters is 1. The van der Waals surface area contributed by atoms with Crippen LogP contribution in [-0.2, 0) is 9.53 Å². The molecule has 6 heteroatoms. The lowest BCUT2D eigenvalue weighted by Crippen LogP contribution is -2.27. The second-order valence-corrected chi connectivity index (χ2v) is 5.31. The second kappa shape index (κ2) is 6.65. The van der Waals surface area contributed by atoms with Crippen molar-refractivity contribution in [1.82, 2.24) is 0 Å².